The zero-order chi connectivity index (χ0) is 12.3. The lowest BCUT2D eigenvalue weighted by atomic mass is 10.2. The van der Waals surface area contributed by atoms with Gasteiger partial charge >= 0.3 is 12.1 Å². The molecule has 0 saturated heterocycles. The number of pyridine rings is 1. The van der Waals surface area contributed by atoms with E-state index in [2.05, 4.69) is 4.98 Å². The Morgan fingerprint density at radius 2 is 2.19 bits per heavy atom. The summed E-state index contributed by atoms with van der Waals surface area (Å²) in [5.74, 6) is -1.61. The fraction of sp³-hybridized carbons (Fsp3) is 0.333. The molecule has 1 heterocycles. The van der Waals surface area contributed by atoms with Gasteiger partial charge in [-0.15, -0.1) is 0 Å². The molecule has 0 aliphatic rings. The molecule has 0 radical (unpaired) electrons. The Kier molecular flexibility index (Phi) is 3.36. The van der Waals surface area contributed by atoms with Gasteiger partial charge in [0.25, 0.3) is 0 Å². The topological polar surface area (TPSA) is 53.4 Å². The Bertz CT molecular complexity index is 393. The van der Waals surface area contributed by atoms with E-state index in [4.69, 9.17) is 5.11 Å². The Labute approximate surface area is 89.3 Å². The van der Waals surface area contributed by atoms with E-state index in [9.17, 15) is 18.0 Å². The smallest absolute Gasteiger partial charge is 0.419 e. The summed E-state index contributed by atoms with van der Waals surface area (Å²) >= 11 is 0. The van der Waals surface area contributed by atoms with Crippen molar-refractivity contribution < 1.29 is 23.1 Å². The minimum atomic E-state index is -4.55. The van der Waals surface area contributed by atoms with Crippen LogP contribution in [0.3, 0.4) is 0 Å². The molecule has 1 N–H and O–H groups in total. The number of carbonyl (C=O) groups is 1. The molecule has 0 amide bonds. The molecule has 1 aromatic heterocycles. The first-order valence-corrected chi connectivity index (χ1v) is 4.27. The van der Waals surface area contributed by atoms with Gasteiger partial charge in [-0.1, -0.05) is 0 Å². The highest BCUT2D eigenvalue weighted by Crippen LogP contribution is 2.34. The Morgan fingerprint density at radius 1 is 1.56 bits per heavy atom. The van der Waals surface area contributed by atoms with Crippen LogP contribution in [-0.4, -0.2) is 29.7 Å². The summed E-state index contributed by atoms with van der Waals surface area (Å²) in [5, 5.41) is 8.49. The fourth-order valence-electron chi connectivity index (χ4n) is 1.20. The molecule has 0 aliphatic carbocycles. The third kappa shape index (κ3) is 2.85. The molecule has 1 rings (SSSR count). The van der Waals surface area contributed by atoms with Gasteiger partial charge in [-0.3, -0.25) is 4.79 Å². The number of aliphatic carboxylic acids is 1. The van der Waals surface area contributed by atoms with Gasteiger partial charge in [-0.25, -0.2) is 4.98 Å². The molecule has 16 heavy (non-hydrogen) atoms. The van der Waals surface area contributed by atoms with Crippen LogP contribution in [0.5, 0.6) is 0 Å². The summed E-state index contributed by atoms with van der Waals surface area (Å²) in [6.45, 7) is -0.542. The second-order valence-corrected chi connectivity index (χ2v) is 3.12. The molecule has 7 heteroatoms. The van der Waals surface area contributed by atoms with Gasteiger partial charge in [0.15, 0.2) is 0 Å². The Hall–Kier alpha value is -1.79. The van der Waals surface area contributed by atoms with Crippen LogP contribution in [0.25, 0.3) is 0 Å². The largest absolute Gasteiger partial charge is 0.480 e. The summed E-state index contributed by atoms with van der Waals surface area (Å²) in [5.41, 5.74) is -0.946. The summed E-state index contributed by atoms with van der Waals surface area (Å²) in [6, 6.07) is 2.02. The second-order valence-electron chi connectivity index (χ2n) is 3.12. The maximum absolute atomic E-state index is 12.5. The van der Waals surface area contributed by atoms with E-state index in [0.29, 0.717) is 0 Å². The lowest BCUT2D eigenvalue weighted by Gasteiger charge is -2.19. The predicted octanol–water partition coefficient (Wildman–Crippen LogP) is 1.62. The van der Waals surface area contributed by atoms with Crippen LogP contribution in [0.15, 0.2) is 18.3 Å². The number of alkyl halides is 3. The lowest BCUT2D eigenvalue weighted by Crippen LogP contribution is -2.28. The number of halogens is 3. The molecule has 1 aromatic rings. The van der Waals surface area contributed by atoms with Crippen LogP contribution in [0.4, 0.5) is 19.0 Å². The van der Waals surface area contributed by atoms with E-state index in [-0.39, 0.29) is 0 Å². The van der Waals surface area contributed by atoms with Crippen molar-refractivity contribution in [1.82, 2.24) is 4.98 Å². The molecule has 0 fully saturated rings. The van der Waals surface area contributed by atoms with Gasteiger partial charge in [0.1, 0.15) is 12.4 Å². The van der Waals surface area contributed by atoms with Crippen LogP contribution in [0.1, 0.15) is 5.56 Å². The van der Waals surface area contributed by atoms with E-state index in [1.165, 1.54) is 13.2 Å². The van der Waals surface area contributed by atoms with Crippen LogP contribution in [0.2, 0.25) is 0 Å². The molecule has 0 atom stereocenters. The minimum absolute atomic E-state index is 0.391. The average molecular weight is 234 g/mol. The monoisotopic (exact) mass is 234 g/mol. The van der Waals surface area contributed by atoms with Gasteiger partial charge in [-0.05, 0) is 12.1 Å². The summed E-state index contributed by atoms with van der Waals surface area (Å²) in [6.07, 6.45) is -3.36. The Balaban J connectivity index is 3.08. The van der Waals surface area contributed by atoms with Gasteiger partial charge in [0.05, 0.1) is 5.56 Å². The fourth-order valence-corrected chi connectivity index (χ4v) is 1.20. The van der Waals surface area contributed by atoms with Gasteiger partial charge < -0.3 is 10.0 Å². The van der Waals surface area contributed by atoms with Crippen molar-refractivity contribution in [2.24, 2.45) is 0 Å². The standard InChI is InChI=1S/C9H9F3N2O2/c1-14(5-7(15)16)8-6(9(10,11)12)3-2-4-13-8/h2-4H,5H2,1H3,(H,15,16). The van der Waals surface area contributed by atoms with Crippen LogP contribution < -0.4 is 4.90 Å². The SMILES string of the molecule is CN(CC(=O)O)c1ncccc1C(F)(F)F. The number of carboxylic acids is 1. The molecular formula is C9H9F3N2O2. The van der Waals surface area contributed by atoms with Gasteiger partial charge in [0, 0.05) is 13.2 Å². The molecule has 0 aromatic carbocycles. The molecular weight excluding hydrogens is 225 g/mol. The third-order valence-corrected chi connectivity index (χ3v) is 1.83. The number of aromatic nitrogens is 1. The van der Waals surface area contributed by atoms with E-state index in [1.807, 2.05) is 0 Å². The van der Waals surface area contributed by atoms with Crippen LogP contribution in [0, 0.1) is 0 Å². The van der Waals surface area contributed by atoms with E-state index < -0.39 is 30.1 Å². The Morgan fingerprint density at radius 3 is 2.69 bits per heavy atom. The third-order valence-electron chi connectivity index (χ3n) is 1.83. The highest BCUT2D eigenvalue weighted by Gasteiger charge is 2.35. The predicted molar refractivity (Wildman–Crippen MR) is 50.1 cm³/mol. The first-order chi connectivity index (χ1) is 7.32. The average Bonchev–Trinajstić information content (AvgIpc) is 2.15. The summed E-state index contributed by atoms with van der Waals surface area (Å²) < 4.78 is 37.6. The van der Waals surface area contributed by atoms with Gasteiger partial charge in [0.2, 0.25) is 0 Å². The number of nitrogens with zero attached hydrogens (tertiary/aromatic N) is 2. The lowest BCUT2D eigenvalue weighted by molar-refractivity contribution is -0.138. The van der Waals surface area contributed by atoms with E-state index >= 15 is 0 Å². The first kappa shape index (κ1) is 12.3. The normalized spacial score (nSPS) is 11.2. The number of hydrogen-bond acceptors (Lipinski definition) is 3. The number of anilines is 1. The second kappa shape index (κ2) is 4.38. The molecule has 0 bridgehead atoms. The quantitative estimate of drug-likeness (QED) is 0.863. The zero-order valence-corrected chi connectivity index (χ0v) is 8.32. The first-order valence-electron chi connectivity index (χ1n) is 4.27. The molecule has 0 spiro atoms. The number of carboxylic acid groups (broad SMARTS) is 1. The maximum atomic E-state index is 12.5. The molecule has 0 saturated carbocycles. The van der Waals surface area contributed by atoms with Gasteiger partial charge in [-0.2, -0.15) is 13.2 Å². The molecule has 4 nitrogen and oxygen atoms in total. The van der Waals surface area contributed by atoms with Crippen molar-refractivity contribution >= 4 is 11.8 Å². The molecule has 0 aliphatic heterocycles. The molecule has 88 valence electrons. The van der Waals surface area contributed by atoms with Crippen molar-refractivity contribution in [3.63, 3.8) is 0 Å². The highest BCUT2D eigenvalue weighted by atomic mass is 19.4. The minimum Gasteiger partial charge on any atom is -0.480 e. The maximum Gasteiger partial charge on any atom is 0.419 e. The van der Waals surface area contributed by atoms with Crippen molar-refractivity contribution in [2.45, 2.75) is 6.18 Å². The number of rotatable bonds is 3. The van der Waals surface area contributed by atoms with Crippen molar-refractivity contribution in [1.29, 1.82) is 0 Å². The highest BCUT2D eigenvalue weighted by molar-refractivity contribution is 5.73. The number of likely N-dealkylation sites (N-methyl/N-ethyl adjacent to an activating group) is 1. The van der Waals surface area contributed by atoms with Crippen molar-refractivity contribution in [3.05, 3.63) is 23.9 Å². The molecule has 0 unspecified atom stereocenters. The van der Waals surface area contributed by atoms with Crippen molar-refractivity contribution in [2.75, 3.05) is 18.5 Å². The number of hydrogen-bond donors (Lipinski definition) is 1. The zero-order valence-electron chi connectivity index (χ0n) is 8.32. The van der Waals surface area contributed by atoms with Crippen LogP contribution >= 0.6 is 0 Å². The van der Waals surface area contributed by atoms with E-state index in [0.717, 1.165) is 17.0 Å². The van der Waals surface area contributed by atoms with Crippen LogP contribution in [-0.2, 0) is 11.0 Å². The van der Waals surface area contributed by atoms with Crippen molar-refractivity contribution in [3.8, 4) is 0 Å². The van der Waals surface area contributed by atoms with E-state index in [1.54, 1.807) is 0 Å². The summed E-state index contributed by atoms with van der Waals surface area (Å²) in [7, 11) is 1.24. The summed E-state index contributed by atoms with van der Waals surface area (Å²) in [4.78, 5) is 14.9.